The highest BCUT2D eigenvalue weighted by Crippen LogP contribution is 2.30. The summed E-state index contributed by atoms with van der Waals surface area (Å²) in [6.45, 7) is 7.17. The van der Waals surface area contributed by atoms with Crippen molar-refractivity contribution in [2.45, 2.75) is 27.3 Å². The first-order chi connectivity index (χ1) is 11.1. The highest BCUT2D eigenvalue weighted by atomic mass is 16.5. The summed E-state index contributed by atoms with van der Waals surface area (Å²) >= 11 is 0. The van der Waals surface area contributed by atoms with Crippen molar-refractivity contribution in [1.29, 1.82) is 0 Å². The number of nitrogens with one attached hydrogen (secondary N) is 1. The first kappa shape index (κ1) is 16.8. The molecule has 5 nitrogen and oxygen atoms in total. The van der Waals surface area contributed by atoms with Crippen LogP contribution in [0.5, 0.6) is 11.5 Å². The third kappa shape index (κ3) is 4.71. The van der Waals surface area contributed by atoms with E-state index in [1.54, 1.807) is 6.07 Å². The van der Waals surface area contributed by atoms with Gasteiger partial charge in [0.1, 0.15) is 0 Å². The summed E-state index contributed by atoms with van der Waals surface area (Å²) in [6, 6.07) is 11.2. The number of carbonyl (C=O) groups is 1. The summed E-state index contributed by atoms with van der Waals surface area (Å²) in [7, 11) is 0. The Kier molecular flexibility index (Phi) is 5.97. The van der Waals surface area contributed by atoms with Crippen LogP contribution in [0.25, 0.3) is 0 Å². The van der Waals surface area contributed by atoms with E-state index < -0.39 is 0 Å². The molecule has 1 aromatic heterocycles. The van der Waals surface area contributed by atoms with E-state index in [9.17, 15) is 4.79 Å². The van der Waals surface area contributed by atoms with E-state index in [2.05, 4.69) is 5.32 Å². The molecule has 0 aliphatic carbocycles. The predicted octanol–water partition coefficient (Wildman–Crippen LogP) is 2.72. The van der Waals surface area contributed by atoms with Crippen molar-refractivity contribution in [3.63, 3.8) is 0 Å². The molecule has 2 rings (SSSR count). The van der Waals surface area contributed by atoms with Gasteiger partial charge >= 0.3 is 0 Å². The van der Waals surface area contributed by atoms with Crippen LogP contribution in [-0.4, -0.2) is 19.1 Å². The number of rotatable bonds is 7. The van der Waals surface area contributed by atoms with Gasteiger partial charge in [0.05, 0.1) is 13.2 Å². The minimum Gasteiger partial charge on any atom is -0.490 e. The van der Waals surface area contributed by atoms with Crippen LogP contribution in [0.3, 0.4) is 0 Å². The number of nitrogens with zero attached hydrogens (tertiary/aromatic N) is 1. The quantitative estimate of drug-likeness (QED) is 0.799. The largest absolute Gasteiger partial charge is 0.490 e. The van der Waals surface area contributed by atoms with Crippen LogP contribution in [0.4, 0.5) is 5.69 Å². The number of aryl methyl sites for hydroxylation is 1. The molecule has 0 fully saturated rings. The molecule has 0 unspecified atom stereocenters. The zero-order chi connectivity index (χ0) is 16.7. The number of aromatic nitrogens is 1. The molecular formula is C18H23N2O3+. The normalized spacial score (nSPS) is 10.2. The summed E-state index contributed by atoms with van der Waals surface area (Å²) in [5, 5.41) is 2.89. The van der Waals surface area contributed by atoms with Crippen molar-refractivity contribution in [2.75, 3.05) is 18.5 Å². The minimum absolute atomic E-state index is 0.0871. The second kappa shape index (κ2) is 8.17. The molecule has 0 aliphatic heterocycles. The van der Waals surface area contributed by atoms with Crippen molar-refractivity contribution >= 4 is 11.6 Å². The zero-order valence-corrected chi connectivity index (χ0v) is 13.8. The number of carbonyl (C=O) groups excluding carboxylic acids is 1. The number of pyridine rings is 1. The average molecular weight is 315 g/mol. The van der Waals surface area contributed by atoms with Crippen LogP contribution in [0.1, 0.15) is 19.5 Å². The molecule has 1 amide bonds. The van der Waals surface area contributed by atoms with Crippen molar-refractivity contribution in [3.05, 3.63) is 48.3 Å². The number of hydrogen-bond donors (Lipinski definition) is 1. The maximum atomic E-state index is 12.2. The van der Waals surface area contributed by atoms with Gasteiger partial charge in [-0.2, -0.15) is 4.57 Å². The summed E-state index contributed by atoms with van der Waals surface area (Å²) in [6.07, 6.45) is 1.89. The highest BCUT2D eigenvalue weighted by Gasteiger charge is 2.13. The molecule has 23 heavy (non-hydrogen) atoms. The standard InChI is InChI=1S/C18H22N2O3/c1-4-22-16-10-9-15(12-17(16)23-5-2)19-18(21)13-20-11-7-6-8-14(20)3/h6-12H,4-5,13H2,1-3H3/p+1. The van der Waals surface area contributed by atoms with Crippen molar-refractivity contribution in [3.8, 4) is 11.5 Å². The van der Waals surface area contributed by atoms with E-state index in [4.69, 9.17) is 9.47 Å². The molecule has 0 saturated heterocycles. The molecule has 1 heterocycles. The zero-order valence-electron chi connectivity index (χ0n) is 13.8. The van der Waals surface area contributed by atoms with Gasteiger partial charge in [-0.1, -0.05) is 6.07 Å². The SMILES string of the molecule is CCOc1ccc(NC(=O)C[n+]2ccccc2C)cc1OCC. The van der Waals surface area contributed by atoms with Crippen LogP contribution >= 0.6 is 0 Å². The lowest BCUT2D eigenvalue weighted by molar-refractivity contribution is -0.690. The summed E-state index contributed by atoms with van der Waals surface area (Å²) in [5.41, 5.74) is 1.72. The first-order valence-corrected chi connectivity index (χ1v) is 7.78. The van der Waals surface area contributed by atoms with E-state index >= 15 is 0 Å². The second-order valence-electron chi connectivity index (χ2n) is 5.05. The Morgan fingerprint density at radius 2 is 1.83 bits per heavy atom. The van der Waals surface area contributed by atoms with Gasteiger partial charge in [0.15, 0.2) is 23.4 Å². The number of benzene rings is 1. The van der Waals surface area contributed by atoms with Gasteiger partial charge in [-0.15, -0.1) is 0 Å². The Morgan fingerprint density at radius 3 is 2.52 bits per heavy atom. The molecule has 2 aromatic rings. The molecule has 5 heteroatoms. The van der Waals surface area contributed by atoms with Gasteiger partial charge < -0.3 is 14.8 Å². The number of hydrogen-bond acceptors (Lipinski definition) is 3. The molecule has 0 spiro atoms. The minimum atomic E-state index is -0.0871. The maximum absolute atomic E-state index is 12.2. The van der Waals surface area contributed by atoms with Gasteiger partial charge in [0.25, 0.3) is 5.91 Å². The molecule has 0 atom stereocenters. The average Bonchev–Trinajstić information content (AvgIpc) is 2.52. The lowest BCUT2D eigenvalue weighted by atomic mass is 10.2. The smallest absolute Gasteiger partial charge is 0.290 e. The van der Waals surface area contributed by atoms with E-state index in [1.807, 2.05) is 61.9 Å². The molecule has 0 bridgehead atoms. The fourth-order valence-electron chi connectivity index (χ4n) is 2.22. The van der Waals surface area contributed by atoms with Gasteiger partial charge in [-0.05, 0) is 26.0 Å². The molecule has 0 radical (unpaired) electrons. The lowest BCUT2D eigenvalue weighted by Crippen LogP contribution is -2.42. The molecule has 0 saturated carbocycles. The van der Waals surface area contributed by atoms with Crippen LogP contribution in [-0.2, 0) is 11.3 Å². The molecule has 0 aliphatic rings. The third-order valence-corrected chi connectivity index (χ3v) is 3.31. The Labute approximate surface area is 136 Å². The van der Waals surface area contributed by atoms with Crippen LogP contribution in [0.2, 0.25) is 0 Å². The lowest BCUT2D eigenvalue weighted by Gasteiger charge is -2.12. The van der Waals surface area contributed by atoms with E-state index in [1.165, 1.54) is 0 Å². The number of ether oxygens (including phenoxy) is 2. The van der Waals surface area contributed by atoms with Gasteiger partial charge in [-0.3, -0.25) is 4.79 Å². The monoisotopic (exact) mass is 315 g/mol. The van der Waals surface area contributed by atoms with Gasteiger partial charge in [-0.25, -0.2) is 0 Å². The number of anilines is 1. The fourth-order valence-corrected chi connectivity index (χ4v) is 2.22. The maximum Gasteiger partial charge on any atom is 0.290 e. The number of amides is 1. The van der Waals surface area contributed by atoms with Gasteiger partial charge in [0.2, 0.25) is 6.54 Å². The molecular weight excluding hydrogens is 292 g/mol. The summed E-state index contributed by atoms with van der Waals surface area (Å²) < 4.78 is 13.0. The molecule has 1 aromatic carbocycles. The van der Waals surface area contributed by atoms with Crippen molar-refractivity contribution in [1.82, 2.24) is 0 Å². The molecule has 1 N–H and O–H groups in total. The topological polar surface area (TPSA) is 51.4 Å². The summed E-state index contributed by atoms with van der Waals surface area (Å²) in [5.74, 6) is 1.23. The Morgan fingerprint density at radius 1 is 1.09 bits per heavy atom. The molecule has 122 valence electrons. The Balaban J connectivity index is 2.08. The van der Waals surface area contributed by atoms with Crippen molar-refractivity contribution in [2.24, 2.45) is 0 Å². The fraction of sp³-hybridized carbons (Fsp3) is 0.333. The van der Waals surface area contributed by atoms with E-state index in [0.29, 0.717) is 30.4 Å². The van der Waals surface area contributed by atoms with E-state index in [-0.39, 0.29) is 12.5 Å². The third-order valence-electron chi connectivity index (χ3n) is 3.31. The van der Waals surface area contributed by atoms with Crippen LogP contribution in [0.15, 0.2) is 42.6 Å². The van der Waals surface area contributed by atoms with Gasteiger partial charge in [0, 0.05) is 30.8 Å². The van der Waals surface area contributed by atoms with Crippen LogP contribution in [0, 0.1) is 6.92 Å². The van der Waals surface area contributed by atoms with Crippen molar-refractivity contribution < 1.29 is 18.8 Å². The van der Waals surface area contributed by atoms with E-state index in [0.717, 1.165) is 5.69 Å². The predicted molar refractivity (Wildman–Crippen MR) is 88.8 cm³/mol. The summed E-state index contributed by atoms with van der Waals surface area (Å²) in [4.78, 5) is 12.2. The first-order valence-electron chi connectivity index (χ1n) is 7.78. The Hall–Kier alpha value is -2.56. The van der Waals surface area contributed by atoms with Crippen LogP contribution < -0.4 is 19.4 Å². The second-order valence-corrected chi connectivity index (χ2v) is 5.05. The highest BCUT2D eigenvalue weighted by molar-refractivity contribution is 5.90. The Bertz CT molecular complexity index is 671.